The van der Waals surface area contributed by atoms with Crippen molar-refractivity contribution in [1.82, 2.24) is 0 Å². The zero-order valence-electron chi connectivity index (χ0n) is 16.4. The SMILES string of the molecule is C=COC(=O)C1(F)C(F)(F)C(F)(C(=O)OC=C)C(F)(C(=O)OC=C)C(F)(F)C1(F)C(=O)OC=C. The second-order valence-electron chi connectivity index (χ2n) is 6.07. The lowest BCUT2D eigenvalue weighted by molar-refractivity contribution is -0.379. The predicted octanol–water partition coefficient (Wildman–Crippen LogP) is 2.85. The third-order valence-corrected chi connectivity index (χ3v) is 4.57. The van der Waals surface area contributed by atoms with Crippen LogP contribution in [0.15, 0.2) is 51.4 Å². The zero-order valence-corrected chi connectivity index (χ0v) is 16.4. The van der Waals surface area contributed by atoms with Crippen LogP contribution in [-0.4, -0.2) is 58.4 Å². The first-order valence-electron chi connectivity index (χ1n) is 8.22. The number of ether oxygens (including phenoxy) is 4. The topological polar surface area (TPSA) is 105 Å². The normalized spacial score (nSPS) is 33.4. The van der Waals surface area contributed by atoms with E-state index in [4.69, 9.17) is 0 Å². The summed E-state index contributed by atoms with van der Waals surface area (Å²) < 4.78 is 138. The second-order valence-corrected chi connectivity index (χ2v) is 6.07. The molecule has 1 saturated carbocycles. The fraction of sp³-hybridized carbons (Fsp3) is 0.333. The highest BCUT2D eigenvalue weighted by molar-refractivity contribution is 6.04. The summed E-state index contributed by atoms with van der Waals surface area (Å²) in [5.74, 6) is -28.2. The molecule has 34 heavy (non-hydrogen) atoms. The molecule has 0 spiro atoms. The molecule has 1 rings (SSSR count). The van der Waals surface area contributed by atoms with Crippen LogP contribution in [0.1, 0.15) is 0 Å². The Morgan fingerprint density at radius 1 is 0.441 bits per heavy atom. The lowest BCUT2D eigenvalue weighted by atomic mass is 9.56. The van der Waals surface area contributed by atoms with Gasteiger partial charge in [-0.15, -0.1) is 0 Å². The van der Waals surface area contributed by atoms with Gasteiger partial charge in [-0.1, -0.05) is 26.3 Å². The molecule has 0 aliphatic heterocycles. The molecule has 0 bridgehead atoms. The lowest BCUT2D eigenvalue weighted by Crippen LogP contribution is -2.93. The summed E-state index contributed by atoms with van der Waals surface area (Å²) in [5, 5.41) is 0. The molecule has 0 aromatic heterocycles. The van der Waals surface area contributed by atoms with E-state index in [9.17, 15) is 19.2 Å². The van der Waals surface area contributed by atoms with Gasteiger partial charge >= 0.3 is 58.4 Å². The van der Waals surface area contributed by atoms with Gasteiger partial charge in [0, 0.05) is 0 Å². The number of rotatable bonds is 8. The van der Waals surface area contributed by atoms with E-state index < -0.39 is 58.4 Å². The number of alkyl halides is 8. The van der Waals surface area contributed by atoms with Crippen molar-refractivity contribution >= 4 is 23.9 Å². The second kappa shape index (κ2) is 8.57. The van der Waals surface area contributed by atoms with E-state index in [0.29, 0.717) is 0 Å². The minimum Gasteiger partial charge on any atom is -0.432 e. The van der Waals surface area contributed by atoms with Crippen LogP contribution in [0.5, 0.6) is 0 Å². The van der Waals surface area contributed by atoms with E-state index in [1.807, 2.05) is 0 Å². The number of halogens is 8. The molecule has 1 aliphatic carbocycles. The Bertz CT molecular complexity index is 820. The average Bonchev–Trinajstić information content (AvgIpc) is 2.75. The van der Waals surface area contributed by atoms with Crippen molar-refractivity contribution < 1.29 is 73.2 Å². The molecule has 0 amide bonds. The molecule has 0 radical (unpaired) electrons. The Hall–Kier alpha value is -3.72. The van der Waals surface area contributed by atoms with Gasteiger partial charge in [0.05, 0.1) is 25.0 Å². The van der Waals surface area contributed by atoms with E-state index in [1.54, 1.807) is 0 Å². The first kappa shape index (κ1) is 28.3. The molecule has 0 N–H and O–H groups in total. The van der Waals surface area contributed by atoms with Crippen molar-refractivity contribution in [2.45, 2.75) is 34.5 Å². The van der Waals surface area contributed by atoms with Crippen LogP contribution in [0.25, 0.3) is 0 Å². The zero-order chi connectivity index (χ0) is 27.0. The number of carbonyl (C=O) groups is 4. The first-order chi connectivity index (χ1) is 15.4. The maximum absolute atomic E-state index is 15.7. The molecule has 0 saturated heterocycles. The van der Waals surface area contributed by atoms with Crippen LogP contribution in [0, 0.1) is 0 Å². The van der Waals surface area contributed by atoms with Crippen molar-refractivity contribution in [2.24, 2.45) is 0 Å². The molecule has 16 heteroatoms. The van der Waals surface area contributed by atoms with Gasteiger partial charge in [0.15, 0.2) is 0 Å². The molecule has 188 valence electrons. The Kier molecular flexibility index (Phi) is 7.13. The van der Waals surface area contributed by atoms with Gasteiger partial charge < -0.3 is 18.9 Å². The highest BCUT2D eigenvalue weighted by Crippen LogP contribution is 2.69. The van der Waals surface area contributed by atoms with E-state index in [-0.39, 0.29) is 25.0 Å². The summed E-state index contributed by atoms with van der Waals surface area (Å²) in [6.45, 7) is 10.3. The van der Waals surface area contributed by atoms with Crippen molar-refractivity contribution in [3.63, 3.8) is 0 Å². The fourth-order valence-corrected chi connectivity index (χ4v) is 3.04. The molecule has 0 aromatic rings. The summed E-state index contributed by atoms with van der Waals surface area (Å²) in [6, 6.07) is 0. The smallest absolute Gasteiger partial charge is 0.359 e. The van der Waals surface area contributed by atoms with Crippen LogP contribution in [0.4, 0.5) is 35.1 Å². The van der Waals surface area contributed by atoms with E-state index in [0.717, 1.165) is 0 Å². The third kappa shape index (κ3) is 2.83. The molecule has 8 nitrogen and oxygen atoms in total. The summed E-state index contributed by atoms with van der Waals surface area (Å²) in [6.07, 6.45) is -1.05. The van der Waals surface area contributed by atoms with Gasteiger partial charge in [-0.3, -0.25) is 0 Å². The first-order valence-corrected chi connectivity index (χ1v) is 8.22. The summed E-state index contributed by atoms with van der Waals surface area (Å²) in [7, 11) is 0. The van der Waals surface area contributed by atoms with Gasteiger partial charge in [0.25, 0.3) is 0 Å². The van der Waals surface area contributed by atoms with Gasteiger partial charge in [0.1, 0.15) is 0 Å². The summed E-state index contributed by atoms with van der Waals surface area (Å²) in [4.78, 5) is 47.9. The lowest BCUT2D eigenvalue weighted by Gasteiger charge is -2.55. The summed E-state index contributed by atoms with van der Waals surface area (Å²) in [5.41, 5.74) is -26.6. The van der Waals surface area contributed by atoms with Crippen LogP contribution < -0.4 is 0 Å². The third-order valence-electron chi connectivity index (χ3n) is 4.57. The van der Waals surface area contributed by atoms with Gasteiger partial charge in [-0.05, 0) is 0 Å². The molecule has 4 atom stereocenters. The number of carbonyl (C=O) groups excluding carboxylic acids is 4. The van der Waals surface area contributed by atoms with Crippen LogP contribution in [-0.2, 0) is 38.1 Å². The standard InChI is InChI=1S/C18H12F8O8/c1-5-31-9(27)13(19)14(20,10(28)32-6-2)18(25,26)16(22,12(30)34-8-4)15(21,17(13,23)24)11(29)33-7-3/h5-8H,1-4H2. The van der Waals surface area contributed by atoms with Crippen LogP contribution in [0.2, 0.25) is 0 Å². The predicted molar refractivity (Wildman–Crippen MR) is 90.4 cm³/mol. The number of esters is 4. The Balaban J connectivity index is 4.48. The molecular formula is C18H12F8O8. The molecule has 0 aromatic carbocycles. The molecule has 4 unspecified atom stereocenters. The number of hydrogen-bond donors (Lipinski definition) is 0. The van der Waals surface area contributed by atoms with Gasteiger partial charge in [-0.25, -0.2) is 36.7 Å². The maximum Gasteiger partial charge on any atom is 0.359 e. The minimum atomic E-state index is -7.06. The highest BCUT2D eigenvalue weighted by Gasteiger charge is 3.06. The Labute approximate surface area is 184 Å². The number of hydrogen-bond acceptors (Lipinski definition) is 8. The maximum atomic E-state index is 15.7. The highest BCUT2D eigenvalue weighted by atomic mass is 19.3. The molecule has 1 fully saturated rings. The van der Waals surface area contributed by atoms with Crippen LogP contribution in [0.3, 0.4) is 0 Å². The molecule has 0 heterocycles. The van der Waals surface area contributed by atoms with E-state index in [2.05, 4.69) is 45.3 Å². The largest absolute Gasteiger partial charge is 0.432 e. The van der Waals surface area contributed by atoms with Crippen molar-refractivity contribution in [1.29, 1.82) is 0 Å². The van der Waals surface area contributed by atoms with Gasteiger partial charge in [-0.2, -0.15) is 17.6 Å². The van der Waals surface area contributed by atoms with E-state index in [1.165, 1.54) is 0 Å². The van der Waals surface area contributed by atoms with Crippen molar-refractivity contribution in [3.05, 3.63) is 51.4 Å². The van der Waals surface area contributed by atoms with E-state index >= 15 is 35.1 Å². The average molecular weight is 508 g/mol. The summed E-state index contributed by atoms with van der Waals surface area (Å²) >= 11 is 0. The van der Waals surface area contributed by atoms with Crippen LogP contribution >= 0.6 is 0 Å². The Morgan fingerprint density at radius 2 is 0.588 bits per heavy atom. The van der Waals surface area contributed by atoms with Crippen molar-refractivity contribution in [3.8, 4) is 0 Å². The minimum absolute atomic E-state index is 0.262. The quantitative estimate of drug-likeness (QED) is 0.213. The Morgan fingerprint density at radius 3 is 0.706 bits per heavy atom. The fourth-order valence-electron chi connectivity index (χ4n) is 3.04. The van der Waals surface area contributed by atoms with Gasteiger partial charge in [0.2, 0.25) is 0 Å². The molecular weight excluding hydrogens is 496 g/mol. The monoisotopic (exact) mass is 508 g/mol. The molecule has 1 aliphatic rings. The van der Waals surface area contributed by atoms with Crippen molar-refractivity contribution in [2.75, 3.05) is 0 Å².